The van der Waals surface area contributed by atoms with Crippen molar-refractivity contribution >= 4 is 0 Å². The molecule has 20 heavy (non-hydrogen) atoms. The third-order valence-electron chi connectivity index (χ3n) is 4.00. The van der Waals surface area contributed by atoms with E-state index >= 15 is 0 Å². The van der Waals surface area contributed by atoms with Crippen molar-refractivity contribution in [3.63, 3.8) is 0 Å². The zero-order valence-corrected chi connectivity index (χ0v) is 13.2. The minimum absolute atomic E-state index is 0.371. The number of benzene rings is 2. The number of rotatable bonds is 4. The summed E-state index contributed by atoms with van der Waals surface area (Å²) in [5.41, 5.74) is 8.19. The number of hydrogen-bond acceptors (Lipinski definition) is 1. The Morgan fingerprint density at radius 2 is 1.40 bits per heavy atom. The first-order valence-electron chi connectivity index (χ1n) is 7.34. The highest BCUT2D eigenvalue weighted by Crippen LogP contribution is 2.18. The van der Waals surface area contributed by atoms with Crippen molar-refractivity contribution in [2.24, 2.45) is 0 Å². The normalized spacial score (nSPS) is 12.4. The van der Waals surface area contributed by atoms with Crippen molar-refractivity contribution in [1.29, 1.82) is 0 Å². The fraction of sp³-hybridized carbons (Fsp3) is 0.368. The lowest BCUT2D eigenvalue weighted by Crippen LogP contribution is -2.19. The van der Waals surface area contributed by atoms with Crippen LogP contribution in [0.25, 0.3) is 0 Å². The molecule has 2 aromatic carbocycles. The minimum atomic E-state index is 0.371. The second-order valence-electron chi connectivity index (χ2n) is 5.89. The summed E-state index contributed by atoms with van der Waals surface area (Å²) in [5.74, 6) is 0. The van der Waals surface area contributed by atoms with Crippen LogP contribution in [-0.2, 0) is 6.54 Å². The SMILES string of the molecule is Cc1ccc(C(C)NCc2c(C)cc(C)cc2C)cc1. The van der Waals surface area contributed by atoms with E-state index in [0.29, 0.717) is 6.04 Å². The first-order valence-corrected chi connectivity index (χ1v) is 7.34. The Bertz CT molecular complexity index is 558. The van der Waals surface area contributed by atoms with Gasteiger partial charge in [0.2, 0.25) is 0 Å². The van der Waals surface area contributed by atoms with E-state index in [1.54, 1.807) is 0 Å². The van der Waals surface area contributed by atoms with Gasteiger partial charge in [-0.15, -0.1) is 0 Å². The van der Waals surface area contributed by atoms with Crippen LogP contribution in [0.5, 0.6) is 0 Å². The topological polar surface area (TPSA) is 12.0 Å². The highest BCUT2D eigenvalue weighted by Gasteiger charge is 2.08. The van der Waals surface area contributed by atoms with E-state index in [4.69, 9.17) is 0 Å². The highest BCUT2D eigenvalue weighted by molar-refractivity contribution is 5.37. The van der Waals surface area contributed by atoms with Gasteiger partial charge in [-0.1, -0.05) is 47.5 Å². The number of hydrogen-bond donors (Lipinski definition) is 1. The number of aryl methyl sites for hydroxylation is 4. The Kier molecular flexibility index (Phi) is 4.61. The molecule has 0 amide bonds. The molecule has 0 saturated carbocycles. The standard InChI is InChI=1S/C19H25N/c1-13-6-8-18(9-7-13)17(5)20-12-19-15(3)10-14(2)11-16(19)4/h6-11,17,20H,12H2,1-5H3. The van der Waals surface area contributed by atoms with E-state index in [9.17, 15) is 0 Å². The first kappa shape index (κ1) is 14.8. The molecular formula is C19H25N. The molecule has 0 heterocycles. The van der Waals surface area contributed by atoms with Gasteiger partial charge in [0.1, 0.15) is 0 Å². The van der Waals surface area contributed by atoms with Crippen LogP contribution in [0.2, 0.25) is 0 Å². The lowest BCUT2D eigenvalue weighted by molar-refractivity contribution is 0.572. The molecule has 0 spiro atoms. The molecule has 0 bridgehead atoms. The van der Waals surface area contributed by atoms with E-state index in [2.05, 4.69) is 76.3 Å². The summed E-state index contributed by atoms with van der Waals surface area (Å²) in [6.45, 7) is 11.8. The van der Waals surface area contributed by atoms with Crippen molar-refractivity contribution in [1.82, 2.24) is 5.32 Å². The van der Waals surface area contributed by atoms with E-state index in [0.717, 1.165) is 6.54 Å². The Morgan fingerprint density at radius 1 is 0.850 bits per heavy atom. The summed E-state index contributed by atoms with van der Waals surface area (Å²) in [6.07, 6.45) is 0. The maximum Gasteiger partial charge on any atom is 0.0294 e. The third-order valence-corrected chi connectivity index (χ3v) is 4.00. The van der Waals surface area contributed by atoms with Crippen molar-refractivity contribution < 1.29 is 0 Å². The first-order chi connectivity index (χ1) is 9.47. The molecule has 2 rings (SSSR count). The summed E-state index contributed by atoms with van der Waals surface area (Å²) in [4.78, 5) is 0. The van der Waals surface area contributed by atoms with Crippen LogP contribution < -0.4 is 5.32 Å². The Morgan fingerprint density at radius 3 is 1.95 bits per heavy atom. The zero-order chi connectivity index (χ0) is 14.7. The molecule has 1 nitrogen and oxygen atoms in total. The summed E-state index contributed by atoms with van der Waals surface area (Å²) in [5, 5.41) is 3.64. The van der Waals surface area contributed by atoms with E-state index in [-0.39, 0.29) is 0 Å². The van der Waals surface area contributed by atoms with E-state index in [1.165, 1.54) is 33.4 Å². The van der Waals surface area contributed by atoms with Gasteiger partial charge in [-0.2, -0.15) is 0 Å². The molecule has 0 aliphatic rings. The summed E-state index contributed by atoms with van der Waals surface area (Å²) >= 11 is 0. The zero-order valence-electron chi connectivity index (χ0n) is 13.2. The lowest BCUT2D eigenvalue weighted by Gasteiger charge is -2.17. The molecule has 2 aromatic rings. The fourth-order valence-electron chi connectivity index (χ4n) is 2.72. The van der Waals surface area contributed by atoms with Crippen LogP contribution in [0.4, 0.5) is 0 Å². The van der Waals surface area contributed by atoms with Gasteiger partial charge < -0.3 is 5.32 Å². The highest BCUT2D eigenvalue weighted by atomic mass is 14.9. The smallest absolute Gasteiger partial charge is 0.0294 e. The molecule has 1 N–H and O–H groups in total. The second kappa shape index (κ2) is 6.23. The minimum Gasteiger partial charge on any atom is -0.306 e. The van der Waals surface area contributed by atoms with Gasteiger partial charge in [-0.05, 0) is 56.9 Å². The molecule has 0 radical (unpaired) electrons. The average molecular weight is 267 g/mol. The number of nitrogens with one attached hydrogen (secondary N) is 1. The quantitative estimate of drug-likeness (QED) is 0.841. The summed E-state index contributed by atoms with van der Waals surface area (Å²) < 4.78 is 0. The predicted octanol–water partition coefficient (Wildman–Crippen LogP) is 4.77. The van der Waals surface area contributed by atoms with Crippen LogP contribution in [0.15, 0.2) is 36.4 Å². The molecule has 0 aliphatic carbocycles. The fourth-order valence-corrected chi connectivity index (χ4v) is 2.72. The van der Waals surface area contributed by atoms with E-state index < -0.39 is 0 Å². The third kappa shape index (κ3) is 3.49. The van der Waals surface area contributed by atoms with Gasteiger partial charge >= 0.3 is 0 Å². The van der Waals surface area contributed by atoms with Crippen molar-refractivity contribution in [2.75, 3.05) is 0 Å². The van der Waals surface area contributed by atoms with Gasteiger partial charge in [0.15, 0.2) is 0 Å². The largest absolute Gasteiger partial charge is 0.306 e. The van der Waals surface area contributed by atoms with Crippen LogP contribution >= 0.6 is 0 Å². The van der Waals surface area contributed by atoms with Crippen LogP contribution in [0.1, 0.15) is 46.3 Å². The van der Waals surface area contributed by atoms with Crippen LogP contribution in [0.3, 0.4) is 0 Å². The lowest BCUT2D eigenvalue weighted by atomic mass is 9.99. The van der Waals surface area contributed by atoms with Crippen molar-refractivity contribution in [3.8, 4) is 0 Å². The van der Waals surface area contributed by atoms with Gasteiger partial charge in [-0.25, -0.2) is 0 Å². The molecule has 0 aliphatic heterocycles. The molecule has 1 heteroatoms. The maximum absolute atomic E-state index is 3.64. The van der Waals surface area contributed by atoms with Crippen LogP contribution in [-0.4, -0.2) is 0 Å². The molecule has 106 valence electrons. The molecular weight excluding hydrogens is 242 g/mol. The Balaban J connectivity index is 2.07. The Hall–Kier alpha value is -1.60. The van der Waals surface area contributed by atoms with Crippen LogP contribution in [0, 0.1) is 27.7 Å². The second-order valence-corrected chi connectivity index (χ2v) is 5.89. The van der Waals surface area contributed by atoms with Crippen molar-refractivity contribution in [3.05, 3.63) is 69.8 Å². The molecule has 0 aromatic heterocycles. The van der Waals surface area contributed by atoms with E-state index in [1.807, 2.05) is 0 Å². The van der Waals surface area contributed by atoms with Gasteiger partial charge in [0.25, 0.3) is 0 Å². The van der Waals surface area contributed by atoms with Gasteiger partial charge in [0, 0.05) is 12.6 Å². The predicted molar refractivity (Wildman–Crippen MR) is 87.1 cm³/mol. The van der Waals surface area contributed by atoms with Crippen molar-refractivity contribution in [2.45, 2.75) is 47.2 Å². The Labute approximate surface area is 123 Å². The molecule has 1 atom stereocenters. The maximum atomic E-state index is 3.64. The molecule has 0 saturated heterocycles. The summed E-state index contributed by atoms with van der Waals surface area (Å²) in [7, 11) is 0. The monoisotopic (exact) mass is 267 g/mol. The summed E-state index contributed by atoms with van der Waals surface area (Å²) in [6, 6.07) is 13.7. The van der Waals surface area contributed by atoms with Gasteiger partial charge in [-0.3, -0.25) is 0 Å². The van der Waals surface area contributed by atoms with Gasteiger partial charge in [0.05, 0.1) is 0 Å². The molecule has 0 fully saturated rings. The molecule has 1 unspecified atom stereocenters. The average Bonchev–Trinajstić information content (AvgIpc) is 2.38.